The predicted molar refractivity (Wildman–Crippen MR) is 110 cm³/mol. The van der Waals surface area contributed by atoms with Crippen molar-refractivity contribution in [1.82, 2.24) is 20.5 Å². The van der Waals surface area contributed by atoms with Crippen molar-refractivity contribution in [3.63, 3.8) is 0 Å². The molecule has 0 unspecified atom stereocenters. The van der Waals surface area contributed by atoms with Gasteiger partial charge >= 0.3 is 0 Å². The van der Waals surface area contributed by atoms with Crippen molar-refractivity contribution in [2.45, 2.75) is 18.4 Å². The largest absolute Gasteiger partial charge is 0.356 e. The Morgan fingerprint density at radius 2 is 2.04 bits per heavy atom. The van der Waals surface area contributed by atoms with Crippen LogP contribution in [0.15, 0.2) is 46.4 Å². The number of guanidine groups is 1. The van der Waals surface area contributed by atoms with Crippen molar-refractivity contribution >= 4 is 35.0 Å². The minimum Gasteiger partial charge on any atom is -0.356 e. The Kier molecular flexibility index (Phi) is 8.43. The molecule has 2 aromatic rings. The molecule has 0 aliphatic carbocycles. The third-order valence-corrected chi connectivity index (χ3v) is 5.28. The molecule has 6 nitrogen and oxygen atoms in total. The molecule has 0 radical (unpaired) electrons. The number of nitrogens with one attached hydrogen (secondary N) is 2. The minimum atomic E-state index is -0.0325. The number of carbonyl (C=O) groups is 1. The number of benzene rings is 1. The molecule has 1 heterocycles. The highest BCUT2D eigenvalue weighted by Crippen LogP contribution is 2.15. The molecule has 0 atom stereocenters. The van der Waals surface area contributed by atoms with E-state index in [0.29, 0.717) is 12.5 Å². The van der Waals surface area contributed by atoms with Crippen LogP contribution in [0.25, 0.3) is 0 Å². The Morgan fingerprint density at radius 1 is 1.27 bits per heavy atom. The number of nitrogens with zero attached hydrogens (tertiary/aromatic N) is 3. The van der Waals surface area contributed by atoms with Gasteiger partial charge in [0.15, 0.2) is 5.96 Å². The van der Waals surface area contributed by atoms with Crippen molar-refractivity contribution < 1.29 is 4.79 Å². The van der Waals surface area contributed by atoms with Gasteiger partial charge in [0.1, 0.15) is 11.6 Å². The summed E-state index contributed by atoms with van der Waals surface area (Å²) in [5, 5.41) is 7.53. The molecule has 2 N–H and O–H groups in total. The third kappa shape index (κ3) is 7.45. The zero-order chi connectivity index (χ0) is 18.8. The smallest absolute Gasteiger partial charge is 0.243 e. The zero-order valence-corrected chi connectivity index (χ0v) is 17.0. The fourth-order valence-corrected chi connectivity index (χ4v) is 3.48. The molecule has 2 rings (SSSR count). The number of hydrogen-bond acceptors (Lipinski definition) is 5. The molecule has 1 aromatic heterocycles. The van der Waals surface area contributed by atoms with Gasteiger partial charge in [-0.25, -0.2) is 9.98 Å². The number of aryl methyl sites for hydroxylation is 1. The summed E-state index contributed by atoms with van der Waals surface area (Å²) in [4.78, 5) is 24.5. The van der Waals surface area contributed by atoms with Gasteiger partial charge in [0, 0.05) is 42.4 Å². The van der Waals surface area contributed by atoms with Gasteiger partial charge in [-0.05, 0) is 19.1 Å². The highest BCUT2D eigenvalue weighted by molar-refractivity contribution is 7.99. The summed E-state index contributed by atoms with van der Waals surface area (Å²) < 4.78 is 0. The molecule has 26 heavy (non-hydrogen) atoms. The number of likely N-dealkylation sites (N-methyl/N-ethyl adjacent to an activating group) is 1. The van der Waals surface area contributed by atoms with Crippen LogP contribution >= 0.6 is 23.1 Å². The molecule has 0 aliphatic heterocycles. The highest BCUT2D eigenvalue weighted by Gasteiger charge is 2.06. The van der Waals surface area contributed by atoms with Crippen molar-refractivity contribution in [3.05, 3.63) is 46.4 Å². The standard InChI is InChI=1S/C18H25N5OS2/c1-14-11-20-16(26-14)12-21-18(22-13-17(24)23(2)3)19-9-10-25-15-7-5-4-6-8-15/h4-8,11H,9-10,12-13H2,1-3H3,(H2,19,21,22). The summed E-state index contributed by atoms with van der Waals surface area (Å²) in [6.45, 7) is 3.49. The van der Waals surface area contributed by atoms with E-state index in [9.17, 15) is 4.79 Å². The fourth-order valence-electron chi connectivity index (χ4n) is 1.96. The predicted octanol–water partition coefficient (Wildman–Crippen LogP) is 2.37. The summed E-state index contributed by atoms with van der Waals surface area (Å²) in [6.07, 6.45) is 1.86. The van der Waals surface area contributed by atoms with E-state index >= 15 is 0 Å². The van der Waals surface area contributed by atoms with Crippen LogP contribution in [-0.2, 0) is 11.3 Å². The normalized spacial score (nSPS) is 11.3. The van der Waals surface area contributed by atoms with E-state index in [0.717, 1.165) is 17.3 Å². The summed E-state index contributed by atoms with van der Waals surface area (Å²) in [5.74, 6) is 1.50. The van der Waals surface area contributed by atoms with E-state index in [1.54, 1.807) is 37.2 Å². The van der Waals surface area contributed by atoms with Crippen molar-refractivity contribution in [2.75, 3.05) is 32.9 Å². The Hall–Kier alpha value is -2.06. The second kappa shape index (κ2) is 10.8. The molecule has 0 aliphatic rings. The molecule has 1 aromatic carbocycles. The summed E-state index contributed by atoms with van der Waals surface area (Å²) in [5.41, 5.74) is 0. The number of amides is 1. The van der Waals surface area contributed by atoms with Crippen LogP contribution in [-0.4, -0.2) is 54.7 Å². The fraction of sp³-hybridized carbons (Fsp3) is 0.389. The molecular formula is C18H25N5OS2. The van der Waals surface area contributed by atoms with Gasteiger partial charge in [0.25, 0.3) is 0 Å². The number of aliphatic imine (C=N–C) groups is 1. The van der Waals surface area contributed by atoms with Gasteiger partial charge in [-0.3, -0.25) is 4.79 Å². The van der Waals surface area contributed by atoms with Crippen LogP contribution in [0.4, 0.5) is 0 Å². The van der Waals surface area contributed by atoms with Crippen LogP contribution in [0.3, 0.4) is 0 Å². The quantitative estimate of drug-likeness (QED) is 0.313. The second-order valence-corrected chi connectivity index (χ2v) is 8.25. The summed E-state index contributed by atoms with van der Waals surface area (Å²) in [7, 11) is 3.46. The maximum atomic E-state index is 11.8. The van der Waals surface area contributed by atoms with Crippen molar-refractivity contribution in [2.24, 2.45) is 4.99 Å². The molecular weight excluding hydrogens is 366 g/mol. The molecule has 140 valence electrons. The third-order valence-electron chi connectivity index (χ3n) is 3.35. The molecule has 0 saturated heterocycles. The lowest BCUT2D eigenvalue weighted by molar-refractivity contribution is -0.127. The maximum Gasteiger partial charge on any atom is 0.243 e. The molecule has 0 bridgehead atoms. The van der Waals surface area contributed by atoms with E-state index in [1.165, 1.54) is 14.7 Å². The van der Waals surface area contributed by atoms with Gasteiger partial charge in [0.05, 0.1) is 6.54 Å². The van der Waals surface area contributed by atoms with E-state index < -0.39 is 0 Å². The Labute approximate surface area is 163 Å². The van der Waals surface area contributed by atoms with Gasteiger partial charge in [-0.2, -0.15) is 0 Å². The first-order valence-electron chi connectivity index (χ1n) is 8.36. The Morgan fingerprint density at radius 3 is 2.69 bits per heavy atom. The lowest BCUT2D eigenvalue weighted by Crippen LogP contribution is -2.39. The summed E-state index contributed by atoms with van der Waals surface area (Å²) >= 11 is 3.43. The molecule has 0 spiro atoms. The van der Waals surface area contributed by atoms with Gasteiger partial charge < -0.3 is 15.5 Å². The van der Waals surface area contributed by atoms with Crippen molar-refractivity contribution in [1.29, 1.82) is 0 Å². The van der Waals surface area contributed by atoms with Crippen molar-refractivity contribution in [3.8, 4) is 0 Å². The molecule has 8 heteroatoms. The van der Waals surface area contributed by atoms with E-state index in [1.807, 2.05) is 31.3 Å². The van der Waals surface area contributed by atoms with Crippen LogP contribution in [0.2, 0.25) is 0 Å². The van der Waals surface area contributed by atoms with Crippen LogP contribution in [0.5, 0.6) is 0 Å². The lowest BCUT2D eigenvalue weighted by atomic mass is 10.4. The van der Waals surface area contributed by atoms with Crippen LogP contribution < -0.4 is 10.6 Å². The first-order chi connectivity index (χ1) is 12.5. The first-order valence-corrected chi connectivity index (χ1v) is 10.2. The maximum absolute atomic E-state index is 11.8. The van der Waals surface area contributed by atoms with Crippen LogP contribution in [0.1, 0.15) is 9.88 Å². The van der Waals surface area contributed by atoms with Gasteiger partial charge in [0.2, 0.25) is 5.91 Å². The molecule has 0 saturated carbocycles. The highest BCUT2D eigenvalue weighted by atomic mass is 32.2. The number of thioether (sulfide) groups is 1. The monoisotopic (exact) mass is 391 g/mol. The molecule has 1 amide bonds. The molecule has 0 fully saturated rings. The van der Waals surface area contributed by atoms with E-state index in [4.69, 9.17) is 0 Å². The summed E-state index contributed by atoms with van der Waals surface area (Å²) in [6, 6.07) is 10.3. The Balaban J connectivity index is 1.84. The number of hydrogen-bond donors (Lipinski definition) is 2. The van der Waals surface area contributed by atoms with Gasteiger partial charge in [-0.15, -0.1) is 23.1 Å². The average molecular weight is 392 g/mol. The average Bonchev–Trinajstić information content (AvgIpc) is 3.06. The first kappa shape index (κ1) is 20.3. The number of rotatable bonds is 8. The van der Waals surface area contributed by atoms with Gasteiger partial charge in [-0.1, -0.05) is 18.2 Å². The second-order valence-electron chi connectivity index (χ2n) is 5.76. The number of aromatic nitrogens is 1. The Bertz CT molecular complexity index is 715. The SMILES string of the molecule is Cc1cnc(CNC(=NCC(=O)N(C)C)NCCSc2ccccc2)s1. The van der Waals surface area contributed by atoms with E-state index in [-0.39, 0.29) is 12.5 Å². The van der Waals surface area contributed by atoms with E-state index in [2.05, 4.69) is 32.7 Å². The number of thiazole rings is 1. The van der Waals surface area contributed by atoms with Crippen LogP contribution in [0, 0.1) is 6.92 Å². The topological polar surface area (TPSA) is 69.6 Å². The number of carbonyl (C=O) groups excluding carboxylic acids is 1. The zero-order valence-electron chi connectivity index (χ0n) is 15.4. The lowest BCUT2D eigenvalue weighted by Gasteiger charge is -2.13. The minimum absolute atomic E-state index is 0.0325.